The van der Waals surface area contributed by atoms with Gasteiger partial charge in [-0.25, -0.2) is 0 Å². The standard InChI is InChI=1S/C39H60N6O5/c1-2-3-4-5-6-7-8-9-10-11-12-13-17-22-36(47)43-32(24-23-31-21-18-27-42-29-31)38(49)44-33(25-26-35(40)46)39(50)45-34(37(41)48)28-30-19-15-14-16-20-30/h14-16,18-21,27,29,32-34H,2-13,17,22-26,28H2,1H3,(H2,40,46)(H2,41,48)(H,43,47)(H,44,49)(H,45,50)/t32-,33-,34-/m0/s1. The van der Waals surface area contributed by atoms with Crippen LogP contribution in [0.15, 0.2) is 54.9 Å². The van der Waals surface area contributed by atoms with Crippen molar-refractivity contribution in [1.82, 2.24) is 20.9 Å². The Morgan fingerprint density at radius 1 is 0.620 bits per heavy atom. The van der Waals surface area contributed by atoms with E-state index in [2.05, 4.69) is 27.9 Å². The number of hydrogen-bond donors (Lipinski definition) is 5. The number of nitrogens with zero attached hydrogens (tertiary/aromatic N) is 1. The molecule has 2 rings (SSSR count). The Balaban J connectivity index is 1.94. The number of aryl methyl sites for hydroxylation is 1. The molecule has 0 aliphatic carbocycles. The number of carbonyl (C=O) groups excluding carboxylic acids is 5. The van der Waals surface area contributed by atoms with Crippen LogP contribution in [0.5, 0.6) is 0 Å². The van der Waals surface area contributed by atoms with Crippen molar-refractivity contribution in [2.45, 2.75) is 147 Å². The summed E-state index contributed by atoms with van der Waals surface area (Å²) in [6, 6.07) is 9.58. The van der Waals surface area contributed by atoms with Gasteiger partial charge in [0.15, 0.2) is 0 Å². The third-order valence-electron chi connectivity index (χ3n) is 8.86. The first-order valence-electron chi connectivity index (χ1n) is 18.6. The first kappa shape index (κ1) is 41.9. The molecule has 0 fully saturated rings. The fourth-order valence-corrected chi connectivity index (χ4v) is 5.87. The maximum absolute atomic E-state index is 13.6. The van der Waals surface area contributed by atoms with Crippen LogP contribution < -0.4 is 27.4 Å². The summed E-state index contributed by atoms with van der Waals surface area (Å²) < 4.78 is 0. The molecule has 1 aromatic carbocycles. The average molecular weight is 693 g/mol. The molecule has 0 unspecified atom stereocenters. The van der Waals surface area contributed by atoms with E-state index < -0.39 is 41.8 Å². The van der Waals surface area contributed by atoms with Gasteiger partial charge in [-0.05, 0) is 42.9 Å². The minimum atomic E-state index is -1.19. The second-order valence-electron chi connectivity index (χ2n) is 13.2. The number of hydrogen-bond acceptors (Lipinski definition) is 6. The van der Waals surface area contributed by atoms with E-state index >= 15 is 0 Å². The number of pyridine rings is 1. The highest BCUT2D eigenvalue weighted by atomic mass is 16.2. The van der Waals surface area contributed by atoms with Crippen LogP contribution in [0.3, 0.4) is 0 Å². The Labute approximate surface area is 298 Å². The Morgan fingerprint density at radius 2 is 1.16 bits per heavy atom. The molecule has 2 aromatic rings. The molecule has 50 heavy (non-hydrogen) atoms. The molecule has 11 nitrogen and oxygen atoms in total. The normalized spacial score (nSPS) is 12.7. The van der Waals surface area contributed by atoms with Gasteiger partial charge in [-0.1, -0.05) is 120 Å². The molecule has 7 N–H and O–H groups in total. The summed E-state index contributed by atoms with van der Waals surface area (Å²) in [5.41, 5.74) is 12.6. The zero-order chi connectivity index (χ0) is 36.4. The van der Waals surface area contributed by atoms with E-state index in [1.807, 2.05) is 36.4 Å². The van der Waals surface area contributed by atoms with E-state index in [1.54, 1.807) is 18.5 Å². The van der Waals surface area contributed by atoms with Gasteiger partial charge in [0.1, 0.15) is 18.1 Å². The number of nitrogens with two attached hydrogens (primary N) is 2. The molecule has 11 heteroatoms. The smallest absolute Gasteiger partial charge is 0.243 e. The highest BCUT2D eigenvalue weighted by Crippen LogP contribution is 2.14. The number of amides is 5. The van der Waals surface area contributed by atoms with Crippen LogP contribution in [-0.4, -0.2) is 52.6 Å². The van der Waals surface area contributed by atoms with Crippen LogP contribution in [0.1, 0.15) is 127 Å². The fourth-order valence-electron chi connectivity index (χ4n) is 5.87. The summed E-state index contributed by atoms with van der Waals surface area (Å²) in [4.78, 5) is 68.0. The van der Waals surface area contributed by atoms with Gasteiger partial charge >= 0.3 is 0 Å². The summed E-state index contributed by atoms with van der Waals surface area (Å²) in [5.74, 6) is -2.88. The van der Waals surface area contributed by atoms with Gasteiger partial charge in [0, 0.05) is 31.7 Å². The molecule has 0 aliphatic heterocycles. The molecule has 276 valence electrons. The van der Waals surface area contributed by atoms with Gasteiger partial charge in [-0.3, -0.25) is 29.0 Å². The maximum atomic E-state index is 13.6. The van der Waals surface area contributed by atoms with Gasteiger partial charge in [0.25, 0.3) is 0 Å². The van der Waals surface area contributed by atoms with Crippen molar-refractivity contribution in [2.24, 2.45) is 11.5 Å². The molecule has 0 aliphatic rings. The van der Waals surface area contributed by atoms with Gasteiger partial charge in [-0.15, -0.1) is 0 Å². The van der Waals surface area contributed by atoms with Crippen molar-refractivity contribution < 1.29 is 24.0 Å². The SMILES string of the molecule is CCCCCCCCCCCCCCCC(=O)N[C@@H](CCc1cccnc1)C(=O)N[C@@H](CCC(N)=O)C(=O)N[C@@H](Cc1ccccc1)C(N)=O. The average Bonchev–Trinajstić information content (AvgIpc) is 3.10. The second-order valence-corrected chi connectivity index (χ2v) is 13.2. The highest BCUT2D eigenvalue weighted by Gasteiger charge is 2.29. The van der Waals surface area contributed by atoms with E-state index in [0.717, 1.165) is 36.8 Å². The van der Waals surface area contributed by atoms with Crippen molar-refractivity contribution in [3.63, 3.8) is 0 Å². The lowest BCUT2D eigenvalue weighted by molar-refractivity contribution is -0.133. The van der Waals surface area contributed by atoms with Crippen molar-refractivity contribution in [1.29, 1.82) is 0 Å². The van der Waals surface area contributed by atoms with Crippen LogP contribution >= 0.6 is 0 Å². The summed E-state index contributed by atoms with van der Waals surface area (Å²) in [6.07, 6.45) is 19.9. The first-order valence-corrected chi connectivity index (χ1v) is 18.6. The Hall–Kier alpha value is -4.28. The molecule has 0 saturated carbocycles. The zero-order valence-electron chi connectivity index (χ0n) is 30.0. The van der Waals surface area contributed by atoms with Crippen LogP contribution in [0.4, 0.5) is 0 Å². The molecule has 0 saturated heterocycles. The zero-order valence-corrected chi connectivity index (χ0v) is 30.0. The lowest BCUT2D eigenvalue weighted by Crippen LogP contribution is -2.57. The van der Waals surface area contributed by atoms with Gasteiger partial charge in [0.2, 0.25) is 29.5 Å². The minimum absolute atomic E-state index is 0.0913. The number of rotatable bonds is 28. The predicted octanol–water partition coefficient (Wildman–Crippen LogP) is 4.94. The number of benzene rings is 1. The van der Waals surface area contributed by atoms with Crippen LogP contribution in [0.2, 0.25) is 0 Å². The molecule has 0 radical (unpaired) electrons. The number of nitrogens with one attached hydrogen (secondary N) is 3. The van der Waals surface area contributed by atoms with Crippen LogP contribution in [0.25, 0.3) is 0 Å². The molecule has 5 amide bonds. The van der Waals surface area contributed by atoms with Crippen LogP contribution in [-0.2, 0) is 36.8 Å². The topological polar surface area (TPSA) is 186 Å². The van der Waals surface area contributed by atoms with E-state index in [1.165, 1.54) is 57.8 Å². The Bertz CT molecular complexity index is 1280. The molecule has 3 atom stereocenters. The molecule has 1 heterocycles. The Kier molecular flexibility index (Phi) is 21.5. The molecule has 1 aromatic heterocycles. The number of primary amides is 2. The van der Waals surface area contributed by atoms with Crippen molar-refractivity contribution >= 4 is 29.5 Å². The second kappa shape index (κ2) is 25.7. The lowest BCUT2D eigenvalue weighted by atomic mass is 10.0. The molecule has 0 spiro atoms. The van der Waals surface area contributed by atoms with Crippen LogP contribution in [0, 0.1) is 0 Å². The van der Waals surface area contributed by atoms with Gasteiger partial charge in [0.05, 0.1) is 0 Å². The monoisotopic (exact) mass is 692 g/mol. The van der Waals surface area contributed by atoms with E-state index in [0.29, 0.717) is 12.8 Å². The largest absolute Gasteiger partial charge is 0.370 e. The highest BCUT2D eigenvalue weighted by molar-refractivity contribution is 5.94. The van der Waals surface area contributed by atoms with E-state index in [4.69, 9.17) is 11.5 Å². The minimum Gasteiger partial charge on any atom is -0.370 e. The third-order valence-corrected chi connectivity index (χ3v) is 8.86. The first-order chi connectivity index (χ1) is 24.2. The molecule has 0 bridgehead atoms. The number of carbonyl (C=O) groups is 5. The van der Waals surface area contributed by atoms with Crippen molar-refractivity contribution in [3.05, 3.63) is 66.0 Å². The third kappa shape index (κ3) is 19.0. The molecular formula is C39H60N6O5. The quantitative estimate of drug-likeness (QED) is 0.0786. The summed E-state index contributed by atoms with van der Waals surface area (Å²) in [6.45, 7) is 2.24. The maximum Gasteiger partial charge on any atom is 0.243 e. The number of aromatic nitrogens is 1. The van der Waals surface area contributed by atoms with Gasteiger partial charge in [-0.2, -0.15) is 0 Å². The van der Waals surface area contributed by atoms with E-state index in [9.17, 15) is 24.0 Å². The fraction of sp³-hybridized carbons (Fsp3) is 0.590. The molecular weight excluding hydrogens is 632 g/mol. The predicted molar refractivity (Wildman–Crippen MR) is 196 cm³/mol. The van der Waals surface area contributed by atoms with Crippen molar-refractivity contribution in [3.8, 4) is 0 Å². The van der Waals surface area contributed by atoms with Gasteiger partial charge < -0.3 is 27.4 Å². The Morgan fingerprint density at radius 3 is 1.70 bits per heavy atom. The van der Waals surface area contributed by atoms with Crippen molar-refractivity contribution in [2.75, 3.05) is 0 Å². The van der Waals surface area contributed by atoms with E-state index in [-0.39, 0.29) is 31.6 Å². The number of unbranched alkanes of at least 4 members (excludes halogenated alkanes) is 12. The lowest BCUT2D eigenvalue weighted by Gasteiger charge is -2.25. The summed E-state index contributed by atoms with van der Waals surface area (Å²) in [5, 5.41) is 8.18. The summed E-state index contributed by atoms with van der Waals surface area (Å²) >= 11 is 0. The summed E-state index contributed by atoms with van der Waals surface area (Å²) in [7, 11) is 0.